The van der Waals surface area contributed by atoms with Crippen molar-refractivity contribution in [2.45, 2.75) is 18.4 Å². The molecular weight excluding hydrogens is 218 g/mol. The molecule has 17 heavy (non-hydrogen) atoms. The summed E-state index contributed by atoms with van der Waals surface area (Å²) in [6.45, 7) is 1.13. The normalized spacial score (nSPS) is 23.9. The van der Waals surface area contributed by atoms with Crippen LogP contribution in [0.2, 0.25) is 0 Å². The van der Waals surface area contributed by atoms with Gasteiger partial charge in [0.05, 0.1) is 5.60 Å². The maximum atomic E-state index is 10.7. The number of aliphatic hydroxyl groups is 1. The zero-order valence-electron chi connectivity index (χ0n) is 9.47. The van der Waals surface area contributed by atoms with Crippen molar-refractivity contribution >= 4 is 6.09 Å². The molecule has 1 saturated heterocycles. The first-order valence-corrected chi connectivity index (χ1v) is 5.79. The number of carboxylic acid groups (broad SMARTS) is 1. The van der Waals surface area contributed by atoms with Crippen molar-refractivity contribution < 1.29 is 15.0 Å². The summed E-state index contributed by atoms with van der Waals surface area (Å²) in [5, 5.41) is 19.2. The predicted molar refractivity (Wildman–Crippen MR) is 61.6 cm³/mol. The molecule has 4 nitrogen and oxygen atoms in total. The molecule has 1 amide bonds. The molecular formula is C13H15NO3. The summed E-state index contributed by atoms with van der Waals surface area (Å²) < 4.78 is 0. The highest BCUT2D eigenvalue weighted by atomic mass is 16.4. The Morgan fingerprint density at radius 3 is 2.29 bits per heavy atom. The third-order valence-electron chi connectivity index (χ3n) is 3.97. The molecule has 0 unspecified atom stereocenters. The van der Waals surface area contributed by atoms with Crippen molar-refractivity contribution in [3.63, 3.8) is 0 Å². The molecule has 1 aromatic carbocycles. The average Bonchev–Trinajstić information content (AvgIpc) is 2.22. The van der Waals surface area contributed by atoms with E-state index in [-0.39, 0.29) is 5.41 Å². The standard InChI is InChI=1S/C13H15NO3/c15-11(16)14-8-12(9-14)6-13(17,7-12)10-4-2-1-3-5-10/h1-5,17H,6-9H2,(H,15,16). The fourth-order valence-corrected chi connectivity index (χ4v) is 3.26. The van der Waals surface area contributed by atoms with Crippen LogP contribution < -0.4 is 0 Å². The van der Waals surface area contributed by atoms with E-state index in [4.69, 9.17) is 5.11 Å². The molecule has 1 saturated carbocycles. The molecule has 1 spiro atoms. The number of rotatable bonds is 1. The SMILES string of the molecule is O=C(O)N1CC2(C1)CC(O)(c1ccccc1)C2. The Hall–Kier alpha value is -1.55. The van der Waals surface area contributed by atoms with Crippen LogP contribution in [0.25, 0.3) is 0 Å². The second-order valence-electron chi connectivity index (χ2n) is 5.39. The summed E-state index contributed by atoms with van der Waals surface area (Å²) in [7, 11) is 0. The molecule has 0 bridgehead atoms. The van der Waals surface area contributed by atoms with Gasteiger partial charge in [0, 0.05) is 18.5 Å². The lowest BCUT2D eigenvalue weighted by molar-refractivity contribution is -0.187. The number of nitrogens with zero attached hydrogens (tertiary/aromatic N) is 1. The Bertz CT molecular complexity index is 443. The summed E-state index contributed by atoms with van der Waals surface area (Å²) in [6, 6.07) is 9.63. The number of carbonyl (C=O) groups is 1. The van der Waals surface area contributed by atoms with Gasteiger partial charge in [-0.25, -0.2) is 4.79 Å². The first kappa shape index (κ1) is 10.6. The Morgan fingerprint density at radius 1 is 1.18 bits per heavy atom. The van der Waals surface area contributed by atoms with Gasteiger partial charge in [-0.1, -0.05) is 30.3 Å². The minimum atomic E-state index is -0.856. The van der Waals surface area contributed by atoms with Gasteiger partial charge < -0.3 is 15.1 Å². The number of benzene rings is 1. The van der Waals surface area contributed by atoms with Gasteiger partial charge in [-0.15, -0.1) is 0 Å². The molecule has 0 radical (unpaired) electrons. The lowest BCUT2D eigenvalue weighted by Gasteiger charge is -2.61. The highest BCUT2D eigenvalue weighted by Gasteiger charge is 2.60. The van der Waals surface area contributed by atoms with Crippen molar-refractivity contribution in [3.05, 3.63) is 35.9 Å². The molecule has 4 heteroatoms. The molecule has 0 atom stereocenters. The third-order valence-corrected chi connectivity index (χ3v) is 3.97. The monoisotopic (exact) mass is 233 g/mol. The highest BCUT2D eigenvalue weighted by molar-refractivity contribution is 5.66. The molecule has 2 N–H and O–H groups in total. The van der Waals surface area contributed by atoms with Gasteiger partial charge in [-0.3, -0.25) is 0 Å². The second kappa shape index (κ2) is 3.23. The zero-order valence-corrected chi connectivity index (χ0v) is 9.47. The third kappa shape index (κ3) is 1.52. The molecule has 3 rings (SSSR count). The molecule has 2 fully saturated rings. The van der Waals surface area contributed by atoms with E-state index in [1.54, 1.807) is 0 Å². The fraction of sp³-hybridized carbons (Fsp3) is 0.462. The Kier molecular flexibility index (Phi) is 2.01. The number of hydrogen-bond acceptors (Lipinski definition) is 2. The van der Waals surface area contributed by atoms with Crippen molar-refractivity contribution in [1.82, 2.24) is 4.90 Å². The van der Waals surface area contributed by atoms with Crippen LogP contribution in [0.1, 0.15) is 18.4 Å². The van der Waals surface area contributed by atoms with Gasteiger partial charge in [0.15, 0.2) is 0 Å². The minimum absolute atomic E-state index is 0.0307. The van der Waals surface area contributed by atoms with Gasteiger partial charge in [-0.05, 0) is 18.4 Å². The van der Waals surface area contributed by atoms with E-state index in [1.807, 2.05) is 30.3 Å². The van der Waals surface area contributed by atoms with E-state index < -0.39 is 11.7 Å². The minimum Gasteiger partial charge on any atom is -0.465 e. The Balaban J connectivity index is 1.67. The number of amides is 1. The Morgan fingerprint density at radius 2 is 1.76 bits per heavy atom. The van der Waals surface area contributed by atoms with Gasteiger partial charge in [-0.2, -0.15) is 0 Å². The van der Waals surface area contributed by atoms with Crippen LogP contribution in [-0.4, -0.2) is 34.3 Å². The molecule has 1 aromatic rings. The average molecular weight is 233 g/mol. The van der Waals surface area contributed by atoms with Crippen LogP contribution in [0.4, 0.5) is 4.79 Å². The number of hydrogen-bond donors (Lipinski definition) is 2. The second-order valence-corrected chi connectivity index (χ2v) is 5.39. The highest BCUT2D eigenvalue weighted by Crippen LogP contribution is 2.58. The topological polar surface area (TPSA) is 60.8 Å². The van der Waals surface area contributed by atoms with Gasteiger partial charge in [0.1, 0.15) is 0 Å². The lowest BCUT2D eigenvalue weighted by Crippen LogP contribution is -2.67. The van der Waals surface area contributed by atoms with Gasteiger partial charge in [0.25, 0.3) is 0 Å². The van der Waals surface area contributed by atoms with Crippen molar-refractivity contribution in [2.24, 2.45) is 5.41 Å². The molecule has 0 aromatic heterocycles. The molecule has 1 heterocycles. The van der Waals surface area contributed by atoms with Crippen molar-refractivity contribution in [1.29, 1.82) is 0 Å². The number of likely N-dealkylation sites (tertiary alicyclic amines) is 1. The summed E-state index contributed by atoms with van der Waals surface area (Å²) in [5.41, 5.74) is 0.230. The van der Waals surface area contributed by atoms with Crippen molar-refractivity contribution in [2.75, 3.05) is 13.1 Å². The zero-order chi connectivity index (χ0) is 12.1. The summed E-state index contributed by atoms with van der Waals surface area (Å²) in [4.78, 5) is 12.1. The van der Waals surface area contributed by atoms with Crippen LogP contribution in [0, 0.1) is 5.41 Å². The van der Waals surface area contributed by atoms with E-state index in [0.29, 0.717) is 25.9 Å². The van der Waals surface area contributed by atoms with Crippen LogP contribution in [0.15, 0.2) is 30.3 Å². The Labute approximate surface area is 99.5 Å². The van der Waals surface area contributed by atoms with E-state index in [0.717, 1.165) is 5.56 Å². The van der Waals surface area contributed by atoms with E-state index in [1.165, 1.54) is 4.90 Å². The first-order valence-electron chi connectivity index (χ1n) is 5.79. The summed E-state index contributed by atoms with van der Waals surface area (Å²) in [5.74, 6) is 0. The van der Waals surface area contributed by atoms with E-state index in [2.05, 4.69) is 0 Å². The van der Waals surface area contributed by atoms with Gasteiger partial charge >= 0.3 is 6.09 Å². The van der Waals surface area contributed by atoms with E-state index in [9.17, 15) is 9.90 Å². The molecule has 2 aliphatic rings. The smallest absolute Gasteiger partial charge is 0.407 e. The quantitative estimate of drug-likeness (QED) is 0.775. The molecule has 90 valence electrons. The largest absolute Gasteiger partial charge is 0.465 e. The first-order chi connectivity index (χ1) is 8.03. The molecule has 1 aliphatic carbocycles. The maximum Gasteiger partial charge on any atom is 0.407 e. The lowest BCUT2D eigenvalue weighted by atomic mass is 9.53. The summed E-state index contributed by atoms with van der Waals surface area (Å²) >= 11 is 0. The van der Waals surface area contributed by atoms with Crippen LogP contribution >= 0.6 is 0 Å². The van der Waals surface area contributed by atoms with Crippen LogP contribution in [-0.2, 0) is 5.60 Å². The van der Waals surface area contributed by atoms with Crippen molar-refractivity contribution in [3.8, 4) is 0 Å². The van der Waals surface area contributed by atoms with Gasteiger partial charge in [0.2, 0.25) is 0 Å². The maximum absolute atomic E-state index is 10.7. The van der Waals surface area contributed by atoms with E-state index >= 15 is 0 Å². The van der Waals surface area contributed by atoms with Crippen LogP contribution in [0.3, 0.4) is 0 Å². The van der Waals surface area contributed by atoms with Crippen LogP contribution in [0.5, 0.6) is 0 Å². The predicted octanol–water partition coefficient (Wildman–Crippen LogP) is 1.65. The molecule has 1 aliphatic heterocycles. The fourth-order valence-electron chi connectivity index (χ4n) is 3.26. The summed E-state index contributed by atoms with van der Waals surface area (Å²) in [6.07, 6.45) is 0.493.